The minimum atomic E-state index is -4.09. The summed E-state index contributed by atoms with van der Waals surface area (Å²) in [6.07, 6.45) is 0.792. The summed E-state index contributed by atoms with van der Waals surface area (Å²) < 4.78 is 34.0. The predicted molar refractivity (Wildman–Crippen MR) is 158 cm³/mol. The topological polar surface area (TPSA) is 96.0 Å². The van der Waals surface area contributed by atoms with Crippen LogP contribution >= 0.6 is 0 Å². The Kier molecular flexibility index (Phi) is 9.98. The number of hydrogen-bond donors (Lipinski definition) is 1. The molecule has 0 radical (unpaired) electrons. The third kappa shape index (κ3) is 7.85. The van der Waals surface area contributed by atoms with Crippen LogP contribution in [-0.2, 0) is 32.6 Å². The lowest BCUT2D eigenvalue weighted by molar-refractivity contribution is -0.140. The smallest absolute Gasteiger partial charge is 0.264 e. The fourth-order valence-electron chi connectivity index (χ4n) is 4.13. The van der Waals surface area contributed by atoms with Gasteiger partial charge in [-0.05, 0) is 81.6 Å². The van der Waals surface area contributed by atoms with E-state index in [9.17, 15) is 18.0 Å². The second-order valence-corrected chi connectivity index (χ2v) is 12.5. The summed E-state index contributed by atoms with van der Waals surface area (Å²) >= 11 is 0. The van der Waals surface area contributed by atoms with Gasteiger partial charge in [-0.3, -0.25) is 13.9 Å². The Labute approximate surface area is 238 Å². The van der Waals surface area contributed by atoms with Crippen LogP contribution in [0.2, 0.25) is 0 Å². The van der Waals surface area contributed by atoms with E-state index in [-0.39, 0.29) is 17.3 Å². The highest BCUT2D eigenvalue weighted by molar-refractivity contribution is 7.92. The molecule has 0 fully saturated rings. The zero-order chi connectivity index (χ0) is 29.5. The molecule has 9 heteroatoms. The Morgan fingerprint density at radius 3 is 2.00 bits per heavy atom. The molecular weight excluding hydrogens is 526 g/mol. The second kappa shape index (κ2) is 13.0. The number of benzene rings is 3. The summed E-state index contributed by atoms with van der Waals surface area (Å²) in [5.74, 6) is -0.179. The maximum absolute atomic E-state index is 14.0. The van der Waals surface area contributed by atoms with E-state index in [1.54, 1.807) is 56.5 Å². The minimum Gasteiger partial charge on any atom is -0.497 e. The molecule has 8 nitrogen and oxygen atoms in total. The highest BCUT2D eigenvalue weighted by Crippen LogP contribution is 2.25. The first kappa shape index (κ1) is 30.7. The summed E-state index contributed by atoms with van der Waals surface area (Å²) in [6, 6.07) is 21.4. The van der Waals surface area contributed by atoms with E-state index in [1.165, 1.54) is 17.0 Å². The number of hydrogen-bond acceptors (Lipinski definition) is 5. The SMILES string of the molecule is CCc1ccc(N(CC(=O)N(Cc2ccc(OC)cc2)[C@@H](C)C(=O)NC(C)(C)C)S(=O)(=O)c2ccccc2)cc1. The molecule has 0 heterocycles. The number of nitrogens with zero attached hydrogens (tertiary/aromatic N) is 2. The lowest BCUT2D eigenvalue weighted by Gasteiger charge is -2.33. The van der Waals surface area contributed by atoms with Crippen molar-refractivity contribution in [1.82, 2.24) is 10.2 Å². The van der Waals surface area contributed by atoms with Gasteiger partial charge in [0.25, 0.3) is 10.0 Å². The van der Waals surface area contributed by atoms with Crippen molar-refractivity contribution in [3.8, 4) is 5.75 Å². The zero-order valence-electron chi connectivity index (χ0n) is 24.0. The monoisotopic (exact) mass is 565 g/mol. The number of nitrogens with one attached hydrogen (secondary N) is 1. The maximum Gasteiger partial charge on any atom is 0.264 e. The van der Waals surface area contributed by atoms with Crippen molar-refractivity contribution >= 4 is 27.5 Å². The molecule has 40 heavy (non-hydrogen) atoms. The van der Waals surface area contributed by atoms with Gasteiger partial charge >= 0.3 is 0 Å². The Balaban J connectivity index is 2.02. The van der Waals surface area contributed by atoms with Crippen LogP contribution < -0.4 is 14.4 Å². The van der Waals surface area contributed by atoms with E-state index >= 15 is 0 Å². The van der Waals surface area contributed by atoms with Gasteiger partial charge in [0.2, 0.25) is 11.8 Å². The number of aryl methyl sites for hydroxylation is 1. The molecule has 0 saturated carbocycles. The van der Waals surface area contributed by atoms with E-state index < -0.39 is 34.1 Å². The van der Waals surface area contributed by atoms with Crippen LogP contribution in [0.3, 0.4) is 0 Å². The van der Waals surface area contributed by atoms with Crippen LogP contribution in [0, 0.1) is 0 Å². The number of sulfonamides is 1. The number of carbonyl (C=O) groups excluding carboxylic acids is 2. The number of amides is 2. The molecule has 0 aliphatic carbocycles. The van der Waals surface area contributed by atoms with Crippen LogP contribution in [0.25, 0.3) is 0 Å². The molecule has 0 saturated heterocycles. The Morgan fingerprint density at radius 2 is 1.48 bits per heavy atom. The van der Waals surface area contributed by atoms with Crippen LogP contribution in [-0.4, -0.2) is 50.4 Å². The second-order valence-electron chi connectivity index (χ2n) is 10.6. The Bertz CT molecular complexity index is 1380. The van der Waals surface area contributed by atoms with Gasteiger partial charge in [0.15, 0.2) is 0 Å². The summed E-state index contributed by atoms with van der Waals surface area (Å²) in [5.41, 5.74) is 1.67. The van der Waals surface area contributed by atoms with Crippen LogP contribution in [0.5, 0.6) is 5.75 Å². The predicted octanol–water partition coefficient (Wildman–Crippen LogP) is 4.78. The fourth-order valence-corrected chi connectivity index (χ4v) is 5.57. The third-order valence-electron chi connectivity index (χ3n) is 6.42. The standard InChI is InChI=1S/C31H39N3O5S/c1-7-24-13-17-26(18-14-24)34(40(37,38)28-11-9-8-10-12-28)22-29(35)33(23(2)30(36)32-31(3,4)5)21-25-15-19-27(39-6)20-16-25/h8-20,23H,7,21-22H2,1-6H3,(H,32,36)/t23-/m0/s1. The van der Waals surface area contributed by atoms with Crippen molar-refractivity contribution < 1.29 is 22.7 Å². The minimum absolute atomic E-state index is 0.0718. The molecule has 1 atom stereocenters. The molecular formula is C31H39N3O5S. The molecule has 0 bridgehead atoms. The molecule has 1 N–H and O–H groups in total. The normalized spacial score (nSPS) is 12.3. The van der Waals surface area contributed by atoms with Gasteiger partial charge in [-0.15, -0.1) is 0 Å². The first-order chi connectivity index (χ1) is 18.9. The van der Waals surface area contributed by atoms with Crippen molar-refractivity contribution in [3.05, 3.63) is 90.0 Å². The van der Waals surface area contributed by atoms with Gasteiger partial charge in [0, 0.05) is 12.1 Å². The van der Waals surface area contributed by atoms with Crippen molar-refractivity contribution in [2.75, 3.05) is 18.0 Å². The molecule has 3 rings (SSSR count). The molecule has 3 aromatic rings. The van der Waals surface area contributed by atoms with Gasteiger partial charge in [-0.1, -0.05) is 49.4 Å². The van der Waals surface area contributed by atoms with E-state index in [2.05, 4.69) is 5.32 Å². The van der Waals surface area contributed by atoms with E-state index in [1.807, 2.05) is 52.0 Å². The van der Waals surface area contributed by atoms with Crippen molar-refractivity contribution in [1.29, 1.82) is 0 Å². The van der Waals surface area contributed by atoms with Gasteiger partial charge in [-0.25, -0.2) is 8.42 Å². The number of anilines is 1. The molecule has 0 aromatic heterocycles. The highest BCUT2D eigenvalue weighted by atomic mass is 32.2. The van der Waals surface area contributed by atoms with E-state index in [0.717, 1.165) is 21.9 Å². The summed E-state index contributed by atoms with van der Waals surface area (Å²) in [7, 11) is -2.52. The average Bonchev–Trinajstić information content (AvgIpc) is 2.94. The van der Waals surface area contributed by atoms with Crippen LogP contribution in [0.15, 0.2) is 83.8 Å². The third-order valence-corrected chi connectivity index (χ3v) is 8.21. The lowest BCUT2D eigenvalue weighted by atomic mass is 10.1. The quantitative estimate of drug-likeness (QED) is 0.361. The Morgan fingerprint density at radius 1 is 0.900 bits per heavy atom. The van der Waals surface area contributed by atoms with E-state index in [4.69, 9.17) is 4.74 Å². The molecule has 3 aromatic carbocycles. The van der Waals surface area contributed by atoms with Crippen LogP contribution in [0.1, 0.15) is 45.7 Å². The van der Waals surface area contributed by atoms with Crippen molar-refractivity contribution in [2.24, 2.45) is 0 Å². The molecule has 0 aliphatic heterocycles. The number of rotatable bonds is 11. The lowest BCUT2D eigenvalue weighted by Crippen LogP contribution is -2.54. The molecule has 0 aliphatic rings. The average molecular weight is 566 g/mol. The van der Waals surface area contributed by atoms with Crippen molar-refractivity contribution in [3.63, 3.8) is 0 Å². The van der Waals surface area contributed by atoms with Crippen molar-refractivity contribution in [2.45, 2.75) is 64.1 Å². The molecule has 214 valence electrons. The van der Waals surface area contributed by atoms with E-state index in [0.29, 0.717) is 11.4 Å². The van der Waals surface area contributed by atoms with Gasteiger partial charge in [0.05, 0.1) is 17.7 Å². The van der Waals surface area contributed by atoms with Gasteiger partial charge in [-0.2, -0.15) is 0 Å². The zero-order valence-corrected chi connectivity index (χ0v) is 24.9. The largest absolute Gasteiger partial charge is 0.497 e. The number of methoxy groups -OCH3 is 1. The Hall–Kier alpha value is -3.85. The molecule has 0 spiro atoms. The molecule has 0 unspecified atom stereocenters. The number of carbonyl (C=O) groups is 2. The summed E-state index contributed by atoms with van der Waals surface area (Å²) in [6.45, 7) is 8.87. The van der Waals surface area contributed by atoms with Crippen LogP contribution in [0.4, 0.5) is 5.69 Å². The number of ether oxygens (including phenoxy) is 1. The highest BCUT2D eigenvalue weighted by Gasteiger charge is 2.33. The first-order valence-electron chi connectivity index (χ1n) is 13.3. The summed E-state index contributed by atoms with van der Waals surface area (Å²) in [4.78, 5) is 28.7. The van der Waals surface area contributed by atoms with Gasteiger partial charge < -0.3 is 15.0 Å². The van der Waals surface area contributed by atoms with Gasteiger partial charge in [0.1, 0.15) is 18.3 Å². The molecule has 2 amide bonds. The fraction of sp³-hybridized carbons (Fsp3) is 0.355. The maximum atomic E-state index is 14.0. The first-order valence-corrected chi connectivity index (χ1v) is 14.7. The summed E-state index contributed by atoms with van der Waals surface area (Å²) in [5, 5.41) is 2.93.